The third-order valence-corrected chi connectivity index (χ3v) is 5.63. The molecule has 16 heavy (non-hydrogen) atoms. The summed E-state index contributed by atoms with van der Waals surface area (Å²) in [4.78, 5) is 5.61. The lowest BCUT2D eigenvalue weighted by Gasteiger charge is -2.22. The van der Waals surface area contributed by atoms with Crippen molar-refractivity contribution in [2.75, 3.05) is 16.8 Å². The van der Waals surface area contributed by atoms with Crippen molar-refractivity contribution in [1.82, 2.24) is 4.98 Å². The SMILES string of the molecule is Cc1nc(NC2CCS(=O)(=O)CC2)sc1C. The molecule has 0 amide bonds. The van der Waals surface area contributed by atoms with Crippen LogP contribution in [-0.4, -0.2) is 30.9 Å². The second-order valence-corrected chi connectivity index (χ2v) is 7.74. The van der Waals surface area contributed by atoms with Gasteiger partial charge in [0.1, 0.15) is 9.84 Å². The van der Waals surface area contributed by atoms with Gasteiger partial charge in [-0.05, 0) is 26.7 Å². The van der Waals surface area contributed by atoms with Gasteiger partial charge >= 0.3 is 0 Å². The van der Waals surface area contributed by atoms with Crippen LogP contribution in [0.25, 0.3) is 0 Å². The van der Waals surface area contributed by atoms with Gasteiger partial charge < -0.3 is 5.32 Å². The van der Waals surface area contributed by atoms with Crippen molar-refractivity contribution in [1.29, 1.82) is 0 Å². The quantitative estimate of drug-likeness (QED) is 0.880. The Labute approximate surface area is 100 Å². The van der Waals surface area contributed by atoms with E-state index in [0.717, 1.165) is 10.8 Å². The lowest BCUT2D eigenvalue weighted by Crippen LogP contribution is -2.32. The highest BCUT2D eigenvalue weighted by molar-refractivity contribution is 7.91. The van der Waals surface area contributed by atoms with Gasteiger partial charge in [-0.1, -0.05) is 0 Å². The molecule has 0 aliphatic carbocycles. The highest BCUT2D eigenvalue weighted by Crippen LogP contribution is 2.24. The van der Waals surface area contributed by atoms with Crippen molar-refractivity contribution < 1.29 is 8.42 Å². The molecule has 0 aromatic carbocycles. The zero-order valence-electron chi connectivity index (χ0n) is 9.49. The zero-order valence-corrected chi connectivity index (χ0v) is 11.1. The van der Waals surface area contributed by atoms with Crippen LogP contribution in [0, 0.1) is 13.8 Å². The van der Waals surface area contributed by atoms with Crippen LogP contribution in [0.1, 0.15) is 23.4 Å². The lowest BCUT2D eigenvalue weighted by atomic mass is 10.2. The molecule has 1 N–H and O–H groups in total. The van der Waals surface area contributed by atoms with Gasteiger partial charge in [-0.25, -0.2) is 13.4 Å². The summed E-state index contributed by atoms with van der Waals surface area (Å²) in [7, 11) is -2.77. The molecule has 1 fully saturated rings. The molecule has 0 atom stereocenters. The first-order chi connectivity index (χ1) is 7.46. The molecular weight excluding hydrogens is 244 g/mol. The van der Waals surface area contributed by atoms with Crippen molar-refractivity contribution in [2.45, 2.75) is 32.7 Å². The second kappa shape index (κ2) is 4.33. The Balaban J connectivity index is 1.97. The molecule has 2 heterocycles. The summed E-state index contributed by atoms with van der Waals surface area (Å²) in [6, 6.07) is 0.258. The third kappa shape index (κ3) is 2.74. The van der Waals surface area contributed by atoms with Crippen LogP contribution in [0.4, 0.5) is 5.13 Å². The molecule has 1 aliphatic heterocycles. The number of aromatic nitrogens is 1. The van der Waals surface area contributed by atoms with Gasteiger partial charge in [0.15, 0.2) is 5.13 Å². The Bertz CT molecular complexity index is 446. The highest BCUT2D eigenvalue weighted by atomic mass is 32.2. The fourth-order valence-electron chi connectivity index (χ4n) is 1.74. The van der Waals surface area contributed by atoms with Crippen molar-refractivity contribution in [3.63, 3.8) is 0 Å². The minimum atomic E-state index is -2.77. The van der Waals surface area contributed by atoms with Gasteiger partial charge in [0, 0.05) is 10.9 Å². The van der Waals surface area contributed by atoms with Crippen molar-refractivity contribution >= 4 is 26.3 Å². The number of hydrogen-bond acceptors (Lipinski definition) is 5. The summed E-state index contributed by atoms with van der Waals surface area (Å²) in [6.07, 6.45) is 1.39. The maximum absolute atomic E-state index is 11.3. The van der Waals surface area contributed by atoms with Crippen molar-refractivity contribution in [2.24, 2.45) is 0 Å². The number of aryl methyl sites for hydroxylation is 2. The number of nitrogens with zero attached hydrogens (tertiary/aromatic N) is 1. The Morgan fingerprint density at radius 1 is 1.31 bits per heavy atom. The molecule has 2 rings (SSSR count). The summed E-state index contributed by atoms with van der Waals surface area (Å²) >= 11 is 1.64. The fraction of sp³-hybridized carbons (Fsp3) is 0.700. The van der Waals surface area contributed by atoms with E-state index < -0.39 is 9.84 Å². The molecule has 0 bridgehead atoms. The van der Waals surface area contributed by atoms with E-state index >= 15 is 0 Å². The van der Waals surface area contributed by atoms with Crippen LogP contribution in [-0.2, 0) is 9.84 Å². The van der Waals surface area contributed by atoms with Crippen LogP contribution in [0.15, 0.2) is 0 Å². The highest BCUT2D eigenvalue weighted by Gasteiger charge is 2.24. The number of anilines is 1. The number of hydrogen-bond donors (Lipinski definition) is 1. The Kier molecular flexibility index (Phi) is 3.21. The predicted molar refractivity (Wildman–Crippen MR) is 66.9 cm³/mol. The van der Waals surface area contributed by atoms with E-state index in [2.05, 4.69) is 10.3 Å². The minimum Gasteiger partial charge on any atom is -0.359 e. The molecule has 1 aliphatic rings. The number of thiazole rings is 1. The van der Waals surface area contributed by atoms with E-state index in [9.17, 15) is 8.42 Å². The Hall–Kier alpha value is -0.620. The number of rotatable bonds is 2. The zero-order chi connectivity index (χ0) is 11.8. The first-order valence-corrected chi connectivity index (χ1v) is 8.01. The average Bonchev–Trinajstić information content (AvgIpc) is 2.50. The van der Waals surface area contributed by atoms with Gasteiger partial charge in [-0.15, -0.1) is 11.3 Å². The van der Waals surface area contributed by atoms with Crippen LogP contribution in [0.5, 0.6) is 0 Å². The largest absolute Gasteiger partial charge is 0.359 e. The van der Waals surface area contributed by atoms with Crippen LogP contribution >= 0.6 is 11.3 Å². The van der Waals surface area contributed by atoms with Crippen LogP contribution in [0.2, 0.25) is 0 Å². The van der Waals surface area contributed by atoms with Gasteiger partial charge in [-0.3, -0.25) is 0 Å². The van der Waals surface area contributed by atoms with E-state index in [0.29, 0.717) is 24.3 Å². The van der Waals surface area contributed by atoms with Crippen LogP contribution < -0.4 is 5.32 Å². The number of sulfone groups is 1. The van der Waals surface area contributed by atoms with E-state index in [1.807, 2.05) is 13.8 Å². The topological polar surface area (TPSA) is 59.1 Å². The number of nitrogens with one attached hydrogen (secondary N) is 1. The molecule has 4 nitrogen and oxygen atoms in total. The third-order valence-electron chi connectivity index (χ3n) is 2.91. The maximum Gasteiger partial charge on any atom is 0.183 e. The predicted octanol–water partition coefficient (Wildman–Crippen LogP) is 1.75. The first kappa shape index (κ1) is 11.9. The van der Waals surface area contributed by atoms with E-state index in [4.69, 9.17) is 0 Å². The second-order valence-electron chi connectivity index (χ2n) is 4.23. The molecule has 0 unspecified atom stereocenters. The molecule has 6 heteroatoms. The van der Waals surface area contributed by atoms with Crippen molar-refractivity contribution in [3.8, 4) is 0 Å². The van der Waals surface area contributed by atoms with Gasteiger partial charge in [0.05, 0.1) is 17.2 Å². The molecule has 0 radical (unpaired) electrons. The maximum atomic E-state index is 11.3. The lowest BCUT2D eigenvalue weighted by molar-refractivity contribution is 0.559. The molecular formula is C10H16N2O2S2. The minimum absolute atomic E-state index is 0.258. The standard InChI is InChI=1S/C10H16N2O2S2/c1-7-8(2)15-10(11-7)12-9-3-5-16(13,14)6-4-9/h9H,3-6H2,1-2H3,(H,11,12). The monoisotopic (exact) mass is 260 g/mol. The fourth-order valence-corrected chi connectivity index (χ4v) is 4.13. The molecule has 90 valence electrons. The summed E-state index contributed by atoms with van der Waals surface area (Å²) in [5, 5.41) is 4.24. The van der Waals surface area contributed by atoms with E-state index in [1.54, 1.807) is 11.3 Å². The van der Waals surface area contributed by atoms with E-state index in [-0.39, 0.29) is 6.04 Å². The first-order valence-electron chi connectivity index (χ1n) is 5.37. The average molecular weight is 260 g/mol. The molecule has 0 saturated carbocycles. The van der Waals surface area contributed by atoms with Gasteiger partial charge in [0.25, 0.3) is 0 Å². The van der Waals surface area contributed by atoms with E-state index in [1.165, 1.54) is 4.88 Å². The van der Waals surface area contributed by atoms with Crippen LogP contribution in [0.3, 0.4) is 0 Å². The Morgan fingerprint density at radius 3 is 2.44 bits per heavy atom. The van der Waals surface area contributed by atoms with Gasteiger partial charge in [0.2, 0.25) is 0 Å². The Morgan fingerprint density at radius 2 is 1.94 bits per heavy atom. The molecule has 1 aromatic rings. The normalized spacial score (nSPS) is 20.9. The molecule has 0 spiro atoms. The summed E-state index contributed by atoms with van der Waals surface area (Å²) in [5.41, 5.74) is 1.05. The molecule has 1 saturated heterocycles. The molecule has 1 aromatic heterocycles. The summed E-state index contributed by atoms with van der Waals surface area (Å²) < 4.78 is 22.5. The van der Waals surface area contributed by atoms with Gasteiger partial charge in [-0.2, -0.15) is 0 Å². The summed E-state index contributed by atoms with van der Waals surface area (Å²) in [6.45, 7) is 4.03. The van der Waals surface area contributed by atoms with Crippen molar-refractivity contribution in [3.05, 3.63) is 10.6 Å². The smallest absolute Gasteiger partial charge is 0.183 e. The summed E-state index contributed by atoms with van der Waals surface area (Å²) in [5.74, 6) is 0.599.